The first-order valence-electron chi connectivity index (χ1n) is 8.60. The number of hydrogen-bond donors (Lipinski definition) is 4. The van der Waals surface area contributed by atoms with Crippen molar-refractivity contribution in [2.45, 2.75) is 49.5 Å². The van der Waals surface area contributed by atoms with Gasteiger partial charge < -0.3 is 25.8 Å². The number of fused-ring (bicyclic) bond motifs is 2. The number of alkyl halides is 3. The highest BCUT2D eigenvalue weighted by Crippen LogP contribution is 2.46. The summed E-state index contributed by atoms with van der Waals surface area (Å²) in [7, 11) is 0. The number of nitrogen functional groups attached to an aromatic ring is 1. The molecular weight excluding hydrogens is 365 g/mol. The van der Waals surface area contributed by atoms with E-state index in [1.165, 1.54) is 0 Å². The highest BCUT2D eigenvalue weighted by molar-refractivity contribution is 5.82. The molecule has 1 unspecified atom stereocenters. The Balaban J connectivity index is 1.60. The van der Waals surface area contributed by atoms with Crippen LogP contribution in [0.1, 0.15) is 24.0 Å². The van der Waals surface area contributed by atoms with Gasteiger partial charge in [0.25, 0.3) is 0 Å². The highest BCUT2D eigenvalue weighted by atomic mass is 19.4. The third-order valence-electron chi connectivity index (χ3n) is 5.62. The van der Waals surface area contributed by atoms with Gasteiger partial charge in [-0.15, -0.1) is 0 Å². The fourth-order valence-corrected chi connectivity index (χ4v) is 4.23. The summed E-state index contributed by atoms with van der Waals surface area (Å²) >= 11 is 0. The van der Waals surface area contributed by atoms with E-state index in [2.05, 4.69) is 4.98 Å². The minimum absolute atomic E-state index is 0.147. The van der Waals surface area contributed by atoms with E-state index in [0.717, 1.165) is 11.6 Å². The fraction of sp³-hybridized carbons (Fsp3) is 0.500. The van der Waals surface area contributed by atoms with Crippen molar-refractivity contribution in [2.24, 2.45) is 5.92 Å². The molecule has 1 aromatic carbocycles. The molecule has 6 nitrogen and oxygen atoms in total. The van der Waals surface area contributed by atoms with Crippen molar-refractivity contribution in [2.75, 3.05) is 5.73 Å². The number of halogens is 3. The van der Waals surface area contributed by atoms with E-state index in [0.29, 0.717) is 30.2 Å². The van der Waals surface area contributed by atoms with E-state index >= 15 is 0 Å². The average Bonchev–Trinajstić information content (AvgIpc) is 3.00. The number of hydrogen-bond acceptors (Lipinski definition) is 6. The zero-order valence-corrected chi connectivity index (χ0v) is 14.1. The third kappa shape index (κ3) is 2.94. The molecule has 5 N–H and O–H groups in total. The Morgan fingerprint density at radius 3 is 2.70 bits per heavy atom. The van der Waals surface area contributed by atoms with E-state index in [4.69, 9.17) is 10.5 Å². The molecule has 1 aromatic heterocycles. The van der Waals surface area contributed by atoms with Gasteiger partial charge in [-0.3, -0.25) is 0 Å². The Kier molecular flexibility index (Phi) is 4.12. The van der Waals surface area contributed by atoms with Gasteiger partial charge in [0.05, 0.1) is 17.2 Å². The molecule has 1 aliphatic carbocycles. The fourth-order valence-electron chi connectivity index (χ4n) is 4.23. The molecule has 0 spiro atoms. The summed E-state index contributed by atoms with van der Waals surface area (Å²) in [6.45, 7) is 0. The number of ether oxygens (including phenoxy) is 1. The van der Waals surface area contributed by atoms with Crippen molar-refractivity contribution >= 4 is 16.7 Å². The first kappa shape index (κ1) is 18.4. The topological polar surface area (TPSA) is 109 Å². The van der Waals surface area contributed by atoms with Gasteiger partial charge in [-0.1, -0.05) is 12.1 Å². The Hall–Kier alpha value is -1.94. The van der Waals surface area contributed by atoms with Gasteiger partial charge in [0.15, 0.2) is 6.29 Å². The summed E-state index contributed by atoms with van der Waals surface area (Å²) in [4.78, 5) is 3.88. The van der Waals surface area contributed by atoms with Crippen molar-refractivity contribution in [3.8, 4) is 0 Å². The molecule has 1 aliphatic heterocycles. The van der Waals surface area contributed by atoms with Crippen LogP contribution >= 0.6 is 0 Å². The second-order valence-electron chi connectivity index (χ2n) is 7.33. The molecule has 0 bridgehead atoms. The maximum atomic E-state index is 13.0. The molecule has 2 aliphatic rings. The second-order valence-corrected chi connectivity index (χ2v) is 7.33. The normalized spacial score (nSPS) is 33.6. The molecule has 27 heavy (non-hydrogen) atoms. The largest absolute Gasteiger partial charge is 0.419 e. The number of anilines is 1. The number of nitrogens with two attached hydrogens (primary N) is 1. The van der Waals surface area contributed by atoms with Crippen LogP contribution in [0, 0.1) is 5.92 Å². The van der Waals surface area contributed by atoms with Crippen LogP contribution < -0.4 is 5.73 Å². The number of nitrogens with zero attached hydrogens (tertiary/aromatic N) is 1. The quantitative estimate of drug-likeness (QED) is 0.626. The van der Waals surface area contributed by atoms with E-state index in [1.807, 2.05) is 0 Å². The number of pyridine rings is 1. The highest BCUT2D eigenvalue weighted by Gasteiger charge is 2.60. The van der Waals surface area contributed by atoms with Crippen LogP contribution in [-0.2, 0) is 17.3 Å². The Labute approximate surface area is 152 Å². The summed E-state index contributed by atoms with van der Waals surface area (Å²) < 4.78 is 44.2. The monoisotopic (exact) mass is 384 g/mol. The van der Waals surface area contributed by atoms with Crippen LogP contribution in [-0.4, -0.2) is 44.4 Å². The zero-order valence-electron chi connectivity index (χ0n) is 14.1. The molecule has 0 amide bonds. The second kappa shape index (κ2) is 6.03. The zero-order chi connectivity index (χ0) is 19.6. The molecule has 0 radical (unpaired) electrons. The van der Waals surface area contributed by atoms with Crippen LogP contribution in [0.25, 0.3) is 10.9 Å². The number of aliphatic hydroxyl groups excluding tert-OH is 2. The van der Waals surface area contributed by atoms with Gasteiger partial charge >= 0.3 is 6.18 Å². The predicted octanol–water partition coefficient (Wildman–Crippen LogP) is 1.60. The van der Waals surface area contributed by atoms with Gasteiger partial charge in [-0.2, -0.15) is 13.2 Å². The lowest BCUT2D eigenvalue weighted by atomic mass is 9.90. The van der Waals surface area contributed by atoms with Crippen molar-refractivity contribution in [3.05, 3.63) is 35.4 Å². The maximum Gasteiger partial charge on any atom is 0.419 e. The molecule has 2 aromatic rings. The summed E-state index contributed by atoms with van der Waals surface area (Å²) in [6.07, 6.45) is -6.71. The van der Waals surface area contributed by atoms with E-state index < -0.39 is 41.7 Å². The van der Waals surface area contributed by atoms with E-state index in [-0.39, 0.29) is 5.92 Å². The Bertz CT molecular complexity index is 891. The molecule has 1 saturated carbocycles. The molecule has 4 rings (SSSR count). The van der Waals surface area contributed by atoms with Gasteiger partial charge in [0, 0.05) is 5.39 Å². The SMILES string of the molecule is Nc1nc2cc(C[C@@H]3CC[C@@]4(O)[C@@H]3OC(O)[C@@H]4O)ccc2cc1C(F)(F)F. The molecular formula is C18H19F3N2O4. The minimum Gasteiger partial charge on any atom is -0.385 e. The molecule has 5 atom stereocenters. The maximum absolute atomic E-state index is 13.0. The number of aromatic nitrogens is 1. The molecule has 2 heterocycles. The summed E-state index contributed by atoms with van der Waals surface area (Å²) in [5.41, 5.74) is 4.16. The first-order valence-corrected chi connectivity index (χ1v) is 8.60. The smallest absolute Gasteiger partial charge is 0.385 e. The molecule has 2 fully saturated rings. The average molecular weight is 384 g/mol. The Morgan fingerprint density at radius 1 is 1.26 bits per heavy atom. The van der Waals surface area contributed by atoms with Gasteiger partial charge in [0.2, 0.25) is 0 Å². The van der Waals surface area contributed by atoms with Crippen molar-refractivity contribution in [1.82, 2.24) is 4.98 Å². The standard InChI is InChI=1S/C18H19F3N2O4/c19-18(20,21)11-7-9-2-1-8(6-12(9)23-15(11)22)5-10-3-4-17(26)13(24)16(25)27-14(10)17/h1-2,6-7,10,13-14,16,24-26H,3-5H2,(H2,22,23)/t10-,13-,14+,16?,17-/m0/s1. The Morgan fingerprint density at radius 2 is 2.00 bits per heavy atom. The lowest BCUT2D eigenvalue weighted by Crippen LogP contribution is -2.46. The van der Waals surface area contributed by atoms with Crippen LogP contribution in [0.4, 0.5) is 19.0 Å². The van der Waals surface area contributed by atoms with Crippen LogP contribution in [0.15, 0.2) is 24.3 Å². The lowest BCUT2D eigenvalue weighted by Gasteiger charge is -2.25. The minimum atomic E-state index is -4.57. The van der Waals surface area contributed by atoms with E-state index in [1.54, 1.807) is 18.2 Å². The van der Waals surface area contributed by atoms with Gasteiger partial charge in [0.1, 0.15) is 17.5 Å². The molecule has 146 valence electrons. The van der Waals surface area contributed by atoms with Gasteiger partial charge in [-0.25, -0.2) is 4.98 Å². The summed E-state index contributed by atoms with van der Waals surface area (Å²) in [5, 5.41) is 30.5. The summed E-state index contributed by atoms with van der Waals surface area (Å²) in [6, 6.07) is 5.87. The van der Waals surface area contributed by atoms with E-state index in [9.17, 15) is 28.5 Å². The van der Waals surface area contributed by atoms with Crippen molar-refractivity contribution < 1.29 is 33.2 Å². The van der Waals surface area contributed by atoms with Crippen molar-refractivity contribution in [3.63, 3.8) is 0 Å². The third-order valence-corrected chi connectivity index (χ3v) is 5.62. The number of benzene rings is 1. The predicted molar refractivity (Wildman–Crippen MR) is 89.4 cm³/mol. The van der Waals surface area contributed by atoms with Crippen LogP contribution in [0.2, 0.25) is 0 Å². The van der Waals surface area contributed by atoms with Crippen LogP contribution in [0.3, 0.4) is 0 Å². The molecule has 1 saturated heterocycles. The molecule has 9 heteroatoms. The first-order chi connectivity index (χ1) is 12.6. The van der Waals surface area contributed by atoms with Gasteiger partial charge in [-0.05, 0) is 42.9 Å². The van der Waals surface area contributed by atoms with Crippen molar-refractivity contribution in [1.29, 1.82) is 0 Å². The number of rotatable bonds is 2. The lowest BCUT2D eigenvalue weighted by molar-refractivity contribution is -0.137. The summed E-state index contributed by atoms with van der Waals surface area (Å²) in [5.74, 6) is -0.723. The number of aliphatic hydroxyl groups is 3. The van der Waals surface area contributed by atoms with Crippen LogP contribution in [0.5, 0.6) is 0 Å².